The van der Waals surface area contributed by atoms with E-state index in [0.717, 1.165) is 11.0 Å². The molecule has 1 amide bonds. The van der Waals surface area contributed by atoms with Gasteiger partial charge in [0.15, 0.2) is 0 Å². The summed E-state index contributed by atoms with van der Waals surface area (Å²) in [6, 6.07) is 8.83. The van der Waals surface area contributed by atoms with Crippen LogP contribution in [0.5, 0.6) is 5.75 Å². The second-order valence-electron chi connectivity index (χ2n) is 4.63. The van der Waals surface area contributed by atoms with Gasteiger partial charge in [-0.3, -0.25) is 4.79 Å². The van der Waals surface area contributed by atoms with Crippen molar-refractivity contribution in [2.75, 3.05) is 5.32 Å². The maximum atomic E-state index is 12.2. The number of carboxylic acids is 1. The number of benzene rings is 2. The van der Waals surface area contributed by atoms with Crippen LogP contribution in [0.1, 0.15) is 20.7 Å². The quantitative estimate of drug-likeness (QED) is 0.591. The number of hydrogen-bond acceptors (Lipinski definition) is 4. The van der Waals surface area contributed by atoms with E-state index < -0.39 is 11.7 Å². The molecule has 1 heterocycles. The third-order valence-corrected chi connectivity index (χ3v) is 3.17. The molecule has 2 aromatic carbocycles. The highest BCUT2D eigenvalue weighted by atomic mass is 16.4. The van der Waals surface area contributed by atoms with E-state index in [2.05, 4.69) is 15.3 Å². The molecule has 7 nitrogen and oxygen atoms in total. The molecule has 0 fully saturated rings. The van der Waals surface area contributed by atoms with Crippen LogP contribution in [0.4, 0.5) is 5.69 Å². The fourth-order valence-electron chi connectivity index (χ4n) is 2.07. The first kappa shape index (κ1) is 13.6. The van der Waals surface area contributed by atoms with Gasteiger partial charge in [0.25, 0.3) is 5.91 Å². The van der Waals surface area contributed by atoms with E-state index in [9.17, 15) is 14.7 Å². The van der Waals surface area contributed by atoms with Gasteiger partial charge in [0.2, 0.25) is 0 Å². The number of anilines is 1. The van der Waals surface area contributed by atoms with Crippen LogP contribution in [0.25, 0.3) is 11.0 Å². The maximum Gasteiger partial charge on any atom is 0.339 e. The Kier molecular flexibility index (Phi) is 3.23. The highest BCUT2D eigenvalue weighted by molar-refractivity contribution is 6.06. The SMILES string of the molecule is O=C(Nc1ccc(C(=O)O)c(O)c1)c1ccc2nc[nH]c2c1. The van der Waals surface area contributed by atoms with Crippen molar-refractivity contribution in [3.05, 3.63) is 53.9 Å². The Morgan fingerprint density at radius 1 is 1.14 bits per heavy atom. The van der Waals surface area contributed by atoms with Crippen LogP contribution in [0.3, 0.4) is 0 Å². The average Bonchev–Trinajstić information content (AvgIpc) is 2.94. The molecule has 0 unspecified atom stereocenters. The Morgan fingerprint density at radius 2 is 1.95 bits per heavy atom. The number of nitrogens with one attached hydrogen (secondary N) is 2. The molecule has 0 saturated carbocycles. The van der Waals surface area contributed by atoms with Crippen molar-refractivity contribution in [3.8, 4) is 5.75 Å². The second-order valence-corrected chi connectivity index (χ2v) is 4.63. The molecule has 3 aromatic rings. The summed E-state index contributed by atoms with van der Waals surface area (Å²) in [4.78, 5) is 30.0. The van der Waals surface area contributed by atoms with Gasteiger partial charge in [-0.1, -0.05) is 0 Å². The largest absolute Gasteiger partial charge is 0.507 e. The first-order valence-electron chi connectivity index (χ1n) is 6.35. The summed E-state index contributed by atoms with van der Waals surface area (Å²) in [6.45, 7) is 0. The molecular weight excluding hydrogens is 286 g/mol. The number of hydrogen-bond donors (Lipinski definition) is 4. The topological polar surface area (TPSA) is 115 Å². The fourth-order valence-corrected chi connectivity index (χ4v) is 2.07. The third-order valence-electron chi connectivity index (χ3n) is 3.17. The van der Waals surface area contributed by atoms with Crippen LogP contribution in [0, 0.1) is 0 Å². The predicted octanol–water partition coefficient (Wildman–Crippen LogP) is 2.22. The van der Waals surface area contributed by atoms with E-state index in [-0.39, 0.29) is 11.5 Å². The molecule has 1 aromatic heterocycles. The van der Waals surface area contributed by atoms with Gasteiger partial charge in [-0.15, -0.1) is 0 Å². The molecule has 110 valence electrons. The summed E-state index contributed by atoms with van der Waals surface area (Å²) < 4.78 is 0. The molecule has 3 rings (SSSR count). The second kappa shape index (κ2) is 5.21. The Hall–Kier alpha value is -3.35. The summed E-state index contributed by atoms with van der Waals surface area (Å²) in [6.07, 6.45) is 1.54. The van der Waals surface area contributed by atoms with Crippen molar-refractivity contribution in [2.24, 2.45) is 0 Å². The highest BCUT2D eigenvalue weighted by Gasteiger charge is 2.12. The number of fused-ring (bicyclic) bond motifs is 1. The summed E-state index contributed by atoms with van der Waals surface area (Å²) in [5.74, 6) is -2.02. The van der Waals surface area contributed by atoms with Crippen molar-refractivity contribution in [2.45, 2.75) is 0 Å². The Bertz CT molecular complexity index is 885. The summed E-state index contributed by atoms with van der Waals surface area (Å²) >= 11 is 0. The van der Waals surface area contributed by atoms with Crippen molar-refractivity contribution in [1.29, 1.82) is 0 Å². The number of H-pyrrole nitrogens is 1. The maximum absolute atomic E-state index is 12.2. The smallest absolute Gasteiger partial charge is 0.339 e. The molecule has 7 heteroatoms. The van der Waals surface area contributed by atoms with Crippen LogP contribution >= 0.6 is 0 Å². The van der Waals surface area contributed by atoms with E-state index in [4.69, 9.17) is 5.11 Å². The van der Waals surface area contributed by atoms with Crippen molar-refractivity contribution >= 4 is 28.6 Å². The van der Waals surface area contributed by atoms with E-state index in [1.807, 2.05) is 0 Å². The zero-order valence-electron chi connectivity index (χ0n) is 11.2. The van der Waals surface area contributed by atoms with Crippen LogP contribution in [-0.2, 0) is 0 Å². The normalized spacial score (nSPS) is 10.5. The Balaban J connectivity index is 1.84. The lowest BCUT2D eigenvalue weighted by Crippen LogP contribution is -2.12. The number of carboxylic acid groups (broad SMARTS) is 1. The first-order chi connectivity index (χ1) is 10.5. The van der Waals surface area contributed by atoms with E-state index in [1.165, 1.54) is 24.5 Å². The van der Waals surface area contributed by atoms with Crippen LogP contribution in [-0.4, -0.2) is 32.1 Å². The van der Waals surface area contributed by atoms with Crippen LogP contribution in [0.15, 0.2) is 42.7 Å². The number of imidazole rings is 1. The predicted molar refractivity (Wildman–Crippen MR) is 79.1 cm³/mol. The van der Waals surface area contributed by atoms with Gasteiger partial charge in [-0.2, -0.15) is 0 Å². The number of nitrogens with zero attached hydrogens (tertiary/aromatic N) is 1. The Morgan fingerprint density at radius 3 is 2.68 bits per heavy atom. The standard InChI is InChI=1S/C15H11N3O4/c19-13-6-9(2-3-10(13)15(21)22)18-14(20)8-1-4-11-12(5-8)17-7-16-11/h1-7,19H,(H,16,17)(H,18,20)(H,21,22). The minimum absolute atomic E-state index is 0.225. The Labute approximate surface area is 124 Å². The fraction of sp³-hybridized carbons (Fsp3) is 0. The molecule has 4 N–H and O–H groups in total. The van der Waals surface area contributed by atoms with E-state index >= 15 is 0 Å². The van der Waals surface area contributed by atoms with Crippen molar-refractivity contribution in [3.63, 3.8) is 0 Å². The number of aromatic hydroxyl groups is 1. The molecule has 0 spiro atoms. The van der Waals surface area contributed by atoms with Gasteiger partial charge in [0, 0.05) is 17.3 Å². The summed E-state index contributed by atoms with van der Waals surface area (Å²) in [5, 5.41) is 21.0. The number of aromatic amines is 1. The lowest BCUT2D eigenvalue weighted by atomic mass is 10.1. The average molecular weight is 297 g/mol. The molecule has 0 saturated heterocycles. The minimum atomic E-state index is -1.24. The lowest BCUT2D eigenvalue weighted by molar-refractivity contribution is 0.0693. The molecule has 22 heavy (non-hydrogen) atoms. The summed E-state index contributed by atoms with van der Waals surface area (Å²) in [5.41, 5.74) is 1.98. The van der Waals surface area contributed by atoms with E-state index in [0.29, 0.717) is 11.3 Å². The molecule has 0 radical (unpaired) electrons. The highest BCUT2D eigenvalue weighted by Crippen LogP contribution is 2.22. The monoisotopic (exact) mass is 297 g/mol. The molecular formula is C15H11N3O4. The lowest BCUT2D eigenvalue weighted by Gasteiger charge is -2.07. The minimum Gasteiger partial charge on any atom is -0.507 e. The molecule has 0 aliphatic rings. The van der Waals surface area contributed by atoms with Gasteiger partial charge in [0.05, 0.1) is 17.4 Å². The van der Waals surface area contributed by atoms with Crippen molar-refractivity contribution < 1.29 is 19.8 Å². The van der Waals surface area contributed by atoms with Crippen LogP contribution < -0.4 is 5.32 Å². The number of rotatable bonds is 3. The number of phenols is 1. The zero-order valence-corrected chi connectivity index (χ0v) is 11.2. The van der Waals surface area contributed by atoms with E-state index in [1.54, 1.807) is 18.2 Å². The van der Waals surface area contributed by atoms with Gasteiger partial charge < -0.3 is 20.5 Å². The van der Waals surface area contributed by atoms with Crippen molar-refractivity contribution in [1.82, 2.24) is 9.97 Å². The first-order valence-corrected chi connectivity index (χ1v) is 6.35. The number of aromatic nitrogens is 2. The van der Waals surface area contributed by atoms with Crippen LogP contribution in [0.2, 0.25) is 0 Å². The zero-order chi connectivity index (χ0) is 15.7. The van der Waals surface area contributed by atoms with Gasteiger partial charge in [0.1, 0.15) is 11.3 Å². The van der Waals surface area contributed by atoms with Gasteiger partial charge in [-0.05, 0) is 30.3 Å². The summed E-state index contributed by atoms with van der Waals surface area (Å²) in [7, 11) is 0. The number of aromatic carboxylic acids is 1. The number of carbonyl (C=O) groups is 2. The third kappa shape index (κ3) is 2.47. The van der Waals surface area contributed by atoms with Gasteiger partial charge in [-0.25, -0.2) is 9.78 Å². The number of amides is 1. The van der Waals surface area contributed by atoms with Gasteiger partial charge >= 0.3 is 5.97 Å². The molecule has 0 bridgehead atoms. The molecule has 0 aliphatic heterocycles. The molecule has 0 aliphatic carbocycles. The number of carbonyl (C=O) groups excluding carboxylic acids is 1. The molecule has 0 atom stereocenters.